The van der Waals surface area contributed by atoms with Crippen molar-refractivity contribution in [1.82, 2.24) is 4.90 Å². The van der Waals surface area contributed by atoms with Gasteiger partial charge in [0.2, 0.25) is 5.91 Å². The van der Waals surface area contributed by atoms with Gasteiger partial charge in [0.1, 0.15) is 6.04 Å². The summed E-state index contributed by atoms with van der Waals surface area (Å²) in [5.74, 6) is 0.336. The molecular formula is C12H21N3O. The molecule has 0 bridgehead atoms. The number of amides is 1. The van der Waals surface area contributed by atoms with Crippen LogP contribution in [0.5, 0.6) is 0 Å². The second-order valence-corrected chi connectivity index (χ2v) is 5.05. The second-order valence-electron chi connectivity index (χ2n) is 5.05. The fraction of sp³-hybridized carbons (Fsp3) is 0.833. The first-order valence-electron chi connectivity index (χ1n) is 5.94. The van der Waals surface area contributed by atoms with Gasteiger partial charge in [-0.1, -0.05) is 13.8 Å². The quantitative estimate of drug-likeness (QED) is 0.783. The Kier molecular flexibility index (Phi) is 4.31. The van der Waals surface area contributed by atoms with Gasteiger partial charge in [-0.2, -0.15) is 5.26 Å². The number of nitriles is 1. The van der Waals surface area contributed by atoms with E-state index < -0.39 is 6.04 Å². The molecule has 0 aliphatic carbocycles. The van der Waals surface area contributed by atoms with Crippen LogP contribution in [-0.4, -0.2) is 28.9 Å². The number of likely N-dealkylation sites (tertiary alicyclic amines) is 1. The SMILES string of the molecule is CC(C)C[C@H](N)C(=O)N1[C@H](C#N)CC[C@@H]1C. The molecule has 0 aromatic carbocycles. The highest BCUT2D eigenvalue weighted by atomic mass is 16.2. The maximum absolute atomic E-state index is 12.1. The van der Waals surface area contributed by atoms with Crippen LogP contribution < -0.4 is 5.73 Å². The normalized spacial score (nSPS) is 26.9. The van der Waals surface area contributed by atoms with Gasteiger partial charge >= 0.3 is 0 Å². The van der Waals surface area contributed by atoms with Crippen LogP contribution in [0.15, 0.2) is 0 Å². The Bertz CT molecular complexity index is 295. The minimum Gasteiger partial charge on any atom is -0.323 e. The minimum absolute atomic E-state index is 0.0646. The molecule has 0 radical (unpaired) electrons. The standard InChI is InChI=1S/C12H21N3O/c1-8(2)6-11(14)12(16)15-9(3)4-5-10(15)7-13/h8-11H,4-6,14H2,1-3H3/t9-,10-,11-/m0/s1. The molecule has 0 saturated carbocycles. The van der Waals surface area contributed by atoms with Gasteiger partial charge in [-0.05, 0) is 32.1 Å². The van der Waals surface area contributed by atoms with Crippen molar-refractivity contribution in [3.05, 3.63) is 0 Å². The van der Waals surface area contributed by atoms with Crippen LogP contribution in [0.4, 0.5) is 0 Å². The zero-order chi connectivity index (χ0) is 12.3. The highest BCUT2D eigenvalue weighted by molar-refractivity contribution is 5.82. The summed E-state index contributed by atoms with van der Waals surface area (Å²) in [6.45, 7) is 6.07. The molecule has 1 heterocycles. The number of nitrogens with two attached hydrogens (primary N) is 1. The molecule has 3 atom stereocenters. The van der Waals surface area contributed by atoms with E-state index in [0.29, 0.717) is 12.3 Å². The maximum atomic E-state index is 12.1. The molecule has 1 aliphatic rings. The van der Waals surface area contributed by atoms with Gasteiger partial charge < -0.3 is 10.6 Å². The predicted molar refractivity (Wildman–Crippen MR) is 62.4 cm³/mol. The van der Waals surface area contributed by atoms with Crippen LogP contribution in [0, 0.1) is 17.2 Å². The summed E-state index contributed by atoms with van der Waals surface area (Å²) in [6, 6.07) is 1.59. The van der Waals surface area contributed by atoms with Crippen LogP contribution in [0.1, 0.15) is 40.0 Å². The van der Waals surface area contributed by atoms with Crippen molar-refractivity contribution >= 4 is 5.91 Å². The highest BCUT2D eigenvalue weighted by Gasteiger charge is 2.36. The Labute approximate surface area is 97.4 Å². The maximum Gasteiger partial charge on any atom is 0.240 e. The van der Waals surface area contributed by atoms with Gasteiger partial charge in [0.05, 0.1) is 12.1 Å². The first kappa shape index (κ1) is 13.0. The molecule has 0 aromatic rings. The minimum atomic E-state index is -0.462. The van der Waals surface area contributed by atoms with Gasteiger partial charge in [-0.15, -0.1) is 0 Å². The van der Waals surface area contributed by atoms with Crippen LogP contribution in [0.2, 0.25) is 0 Å². The zero-order valence-corrected chi connectivity index (χ0v) is 10.3. The number of hydrogen-bond acceptors (Lipinski definition) is 3. The Morgan fingerprint density at radius 3 is 2.69 bits per heavy atom. The summed E-state index contributed by atoms with van der Waals surface area (Å²) in [4.78, 5) is 13.8. The molecular weight excluding hydrogens is 202 g/mol. The van der Waals surface area contributed by atoms with Gasteiger partial charge in [0.25, 0.3) is 0 Å². The van der Waals surface area contributed by atoms with Crippen molar-refractivity contribution < 1.29 is 4.79 Å². The summed E-state index contributed by atoms with van der Waals surface area (Å²) >= 11 is 0. The Morgan fingerprint density at radius 2 is 2.19 bits per heavy atom. The average molecular weight is 223 g/mol. The summed E-state index contributed by atoms with van der Waals surface area (Å²) in [5, 5.41) is 8.98. The third-order valence-corrected chi connectivity index (χ3v) is 3.11. The lowest BCUT2D eigenvalue weighted by Crippen LogP contribution is -2.48. The lowest BCUT2D eigenvalue weighted by Gasteiger charge is -2.28. The smallest absolute Gasteiger partial charge is 0.240 e. The van der Waals surface area contributed by atoms with E-state index in [9.17, 15) is 4.79 Å². The molecule has 0 aromatic heterocycles. The molecule has 0 spiro atoms. The fourth-order valence-corrected chi connectivity index (χ4v) is 2.28. The third kappa shape index (κ3) is 2.73. The van der Waals surface area contributed by atoms with Crippen LogP contribution in [0.3, 0.4) is 0 Å². The molecule has 90 valence electrons. The van der Waals surface area contributed by atoms with E-state index >= 15 is 0 Å². The Balaban J connectivity index is 2.68. The fourth-order valence-electron chi connectivity index (χ4n) is 2.28. The number of nitrogens with zero attached hydrogens (tertiary/aromatic N) is 2. The van der Waals surface area contributed by atoms with Crippen molar-refractivity contribution in [2.75, 3.05) is 0 Å². The van der Waals surface area contributed by atoms with Crippen LogP contribution in [0.25, 0.3) is 0 Å². The number of rotatable bonds is 3. The Hall–Kier alpha value is -1.08. The lowest BCUT2D eigenvalue weighted by atomic mass is 10.0. The summed E-state index contributed by atoms with van der Waals surface area (Å²) < 4.78 is 0. The zero-order valence-electron chi connectivity index (χ0n) is 10.3. The highest BCUT2D eigenvalue weighted by Crippen LogP contribution is 2.24. The van der Waals surface area contributed by atoms with Gasteiger partial charge in [0, 0.05) is 6.04 Å². The molecule has 0 unspecified atom stereocenters. The third-order valence-electron chi connectivity index (χ3n) is 3.11. The van der Waals surface area contributed by atoms with E-state index in [1.54, 1.807) is 4.90 Å². The number of carbonyl (C=O) groups excluding carboxylic acids is 1. The van der Waals surface area contributed by atoms with Crippen LogP contribution >= 0.6 is 0 Å². The predicted octanol–water partition coefficient (Wildman–Crippen LogP) is 1.26. The molecule has 4 nitrogen and oxygen atoms in total. The second kappa shape index (κ2) is 5.31. The first-order chi connectivity index (χ1) is 7.47. The van der Waals surface area contributed by atoms with Crippen LogP contribution in [-0.2, 0) is 4.79 Å². The molecule has 1 amide bonds. The average Bonchev–Trinajstić information content (AvgIpc) is 2.57. The monoisotopic (exact) mass is 223 g/mol. The molecule has 1 saturated heterocycles. The van der Waals surface area contributed by atoms with Gasteiger partial charge in [0.15, 0.2) is 0 Å². The lowest BCUT2D eigenvalue weighted by molar-refractivity contribution is -0.134. The molecule has 4 heteroatoms. The first-order valence-corrected chi connectivity index (χ1v) is 5.94. The number of carbonyl (C=O) groups is 1. The van der Waals surface area contributed by atoms with E-state index in [0.717, 1.165) is 12.8 Å². The van der Waals surface area contributed by atoms with Gasteiger partial charge in [-0.25, -0.2) is 0 Å². The largest absolute Gasteiger partial charge is 0.323 e. The van der Waals surface area contributed by atoms with E-state index in [1.807, 2.05) is 20.8 Å². The summed E-state index contributed by atoms with van der Waals surface area (Å²) in [7, 11) is 0. The van der Waals surface area contributed by atoms with Gasteiger partial charge in [-0.3, -0.25) is 4.79 Å². The molecule has 1 fully saturated rings. The molecule has 2 N–H and O–H groups in total. The topological polar surface area (TPSA) is 70.1 Å². The molecule has 1 aliphatic heterocycles. The van der Waals surface area contributed by atoms with E-state index in [4.69, 9.17) is 11.0 Å². The van der Waals surface area contributed by atoms with Crippen molar-refractivity contribution in [3.8, 4) is 6.07 Å². The van der Waals surface area contributed by atoms with E-state index in [2.05, 4.69) is 6.07 Å². The van der Waals surface area contributed by atoms with E-state index in [1.165, 1.54) is 0 Å². The molecule has 16 heavy (non-hydrogen) atoms. The summed E-state index contributed by atoms with van der Waals surface area (Å²) in [5.41, 5.74) is 5.88. The van der Waals surface area contributed by atoms with Crippen molar-refractivity contribution in [3.63, 3.8) is 0 Å². The van der Waals surface area contributed by atoms with E-state index in [-0.39, 0.29) is 18.0 Å². The molecule has 1 rings (SSSR count). The number of hydrogen-bond donors (Lipinski definition) is 1. The summed E-state index contributed by atoms with van der Waals surface area (Å²) in [6.07, 6.45) is 2.36. The van der Waals surface area contributed by atoms with Crippen molar-refractivity contribution in [1.29, 1.82) is 5.26 Å². The van der Waals surface area contributed by atoms with Crippen molar-refractivity contribution in [2.24, 2.45) is 11.7 Å². The van der Waals surface area contributed by atoms with Crippen molar-refractivity contribution in [2.45, 2.75) is 58.2 Å². The Morgan fingerprint density at radius 1 is 1.56 bits per heavy atom.